The Bertz CT molecular complexity index is 327. The summed E-state index contributed by atoms with van der Waals surface area (Å²) in [7, 11) is 1.61. The first-order valence-corrected chi connectivity index (χ1v) is 6.31. The highest BCUT2D eigenvalue weighted by Gasteiger charge is 2.18. The Morgan fingerprint density at radius 3 is 2.39 bits per heavy atom. The van der Waals surface area contributed by atoms with Crippen molar-refractivity contribution in [1.82, 2.24) is 5.32 Å². The summed E-state index contributed by atoms with van der Waals surface area (Å²) in [5, 5.41) is 2.89. The number of aryl methyl sites for hydroxylation is 1. The SMILES string of the molecule is CCCNC(CCc1ccc(OC)cc1)C(F)F. The van der Waals surface area contributed by atoms with Gasteiger partial charge in [0, 0.05) is 0 Å². The minimum absolute atomic E-state index is 0.448. The molecule has 0 amide bonds. The van der Waals surface area contributed by atoms with E-state index in [1.54, 1.807) is 7.11 Å². The Morgan fingerprint density at radius 1 is 1.22 bits per heavy atom. The molecular formula is C14H21F2NO. The predicted molar refractivity (Wildman–Crippen MR) is 69.4 cm³/mol. The molecule has 0 saturated heterocycles. The van der Waals surface area contributed by atoms with Crippen LogP contribution in [0.2, 0.25) is 0 Å². The van der Waals surface area contributed by atoms with Crippen LogP contribution in [0.25, 0.3) is 0 Å². The van der Waals surface area contributed by atoms with Crippen molar-refractivity contribution in [2.45, 2.75) is 38.7 Å². The van der Waals surface area contributed by atoms with E-state index in [9.17, 15) is 8.78 Å². The van der Waals surface area contributed by atoms with Crippen molar-refractivity contribution in [3.8, 4) is 5.75 Å². The van der Waals surface area contributed by atoms with Gasteiger partial charge in [-0.2, -0.15) is 0 Å². The maximum absolute atomic E-state index is 12.8. The molecule has 0 aromatic heterocycles. The molecule has 4 heteroatoms. The van der Waals surface area contributed by atoms with Crippen LogP contribution in [0.1, 0.15) is 25.3 Å². The van der Waals surface area contributed by atoms with Crippen LogP contribution in [-0.4, -0.2) is 26.1 Å². The van der Waals surface area contributed by atoms with Crippen molar-refractivity contribution >= 4 is 0 Å². The molecule has 0 aliphatic rings. The van der Waals surface area contributed by atoms with Crippen LogP contribution in [0.5, 0.6) is 5.75 Å². The van der Waals surface area contributed by atoms with Gasteiger partial charge in [-0.25, -0.2) is 8.78 Å². The fourth-order valence-electron chi connectivity index (χ4n) is 1.76. The molecule has 1 atom stereocenters. The number of nitrogens with one attached hydrogen (secondary N) is 1. The highest BCUT2D eigenvalue weighted by Crippen LogP contribution is 2.15. The van der Waals surface area contributed by atoms with Gasteiger partial charge < -0.3 is 10.1 Å². The Hall–Kier alpha value is -1.16. The van der Waals surface area contributed by atoms with Crippen LogP contribution in [0.3, 0.4) is 0 Å². The zero-order chi connectivity index (χ0) is 13.4. The van der Waals surface area contributed by atoms with Crippen LogP contribution < -0.4 is 10.1 Å². The van der Waals surface area contributed by atoms with E-state index in [2.05, 4.69) is 5.32 Å². The molecule has 1 unspecified atom stereocenters. The number of benzene rings is 1. The molecule has 2 nitrogen and oxygen atoms in total. The number of rotatable bonds is 8. The van der Waals surface area contributed by atoms with E-state index in [1.807, 2.05) is 31.2 Å². The molecule has 1 rings (SSSR count). The van der Waals surface area contributed by atoms with Crippen molar-refractivity contribution in [3.05, 3.63) is 29.8 Å². The van der Waals surface area contributed by atoms with Crippen LogP contribution in [0, 0.1) is 0 Å². The number of hydrogen-bond donors (Lipinski definition) is 1. The first kappa shape index (κ1) is 14.9. The number of halogens is 2. The minimum Gasteiger partial charge on any atom is -0.497 e. The summed E-state index contributed by atoms with van der Waals surface area (Å²) >= 11 is 0. The first-order valence-electron chi connectivity index (χ1n) is 6.31. The van der Waals surface area contributed by atoms with Gasteiger partial charge in [0.1, 0.15) is 5.75 Å². The van der Waals surface area contributed by atoms with E-state index < -0.39 is 12.5 Å². The molecule has 18 heavy (non-hydrogen) atoms. The molecule has 0 heterocycles. The third kappa shape index (κ3) is 5.00. The van der Waals surface area contributed by atoms with Gasteiger partial charge in [0.25, 0.3) is 6.43 Å². The van der Waals surface area contributed by atoms with Gasteiger partial charge in [0.05, 0.1) is 13.2 Å². The molecule has 1 aromatic rings. The van der Waals surface area contributed by atoms with Crippen LogP contribution in [0.4, 0.5) is 8.78 Å². The lowest BCUT2D eigenvalue weighted by molar-refractivity contribution is 0.0943. The van der Waals surface area contributed by atoms with E-state index in [0.717, 1.165) is 17.7 Å². The van der Waals surface area contributed by atoms with Gasteiger partial charge in [0.2, 0.25) is 0 Å². The highest BCUT2D eigenvalue weighted by molar-refractivity contribution is 5.27. The van der Waals surface area contributed by atoms with E-state index in [1.165, 1.54) is 0 Å². The predicted octanol–water partition coefficient (Wildman–Crippen LogP) is 3.26. The molecule has 0 spiro atoms. The molecule has 1 N–H and O–H groups in total. The smallest absolute Gasteiger partial charge is 0.253 e. The quantitative estimate of drug-likeness (QED) is 0.771. The fraction of sp³-hybridized carbons (Fsp3) is 0.571. The maximum Gasteiger partial charge on any atom is 0.253 e. The summed E-state index contributed by atoms with van der Waals surface area (Å²) in [6.45, 7) is 2.61. The number of ether oxygens (including phenoxy) is 1. The third-order valence-corrected chi connectivity index (χ3v) is 2.86. The zero-order valence-corrected chi connectivity index (χ0v) is 11.0. The largest absolute Gasteiger partial charge is 0.497 e. The van der Waals surface area contributed by atoms with Crippen LogP contribution in [0.15, 0.2) is 24.3 Å². The fourth-order valence-corrected chi connectivity index (χ4v) is 1.76. The van der Waals surface area contributed by atoms with Gasteiger partial charge in [-0.1, -0.05) is 19.1 Å². The standard InChI is InChI=1S/C14H21F2NO/c1-3-10-17-13(14(15)16)9-6-11-4-7-12(18-2)8-5-11/h4-5,7-8,13-14,17H,3,6,9-10H2,1-2H3. The molecule has 1 aromatic carbocycles. The second-order valence-corrected chi connectivity index (χ2v) is 4.28. The van der Waals surface area contributed by atoms with Gasteiger partial charge in [-0.3, -0.25) is 0 Å². The number of hydrogen-bond acceptors (Lipinski definition) is 2. The van der Waals surface area contributed by atoms with Gasteiger partial charge in [-0.15, -0.1) is 0 Å². The third-order valence-electron chi connectivity index (χ3n) is 2.86. The lowest BCUT2D eigenvalue weighted by atomic mass is 10.1. The van der Waals surface area contributed by atoms with Gasteiger partial charge in [-0.05, 0) is 43.5 Å². The van der Waals surface area contributed by atoms with Crippen molar-refractivity contribution in [3.63, 3.8) is 0 Å². The summed E-state index contributed by atoms with van der Waals surface area (Å²) in [5.41, 5.74) is 1.06. The Morgan fingerprint density at radius 2 is 1.89 bits per heavy atom. The van der Waals surface area contributed by atoms with Gasteiger partial charge >= 0.3 is 0 Å². The summed E-state index contributed by atoms with van der Waals surface area (Å²) < 4.78 is 30.6. The van der Waals surface area contributed by atoms with Gasteiger partial charge in [0.15, 0.2) is 0 Å². The second kappa shape index (κ2) is 8.03. The molecule has 0 saturated carbocycles. The molecule has 0 aliphatic carbocycles. The molecule has 0 aliphatic heterocycles. The zero-order valence-electron chi connectivity index (χ0n) is 11.0. The Kier molecular flexibility index (Phi) is 6.65. The normalized spacial score (nSPS) is 12.7. The number of alkyl halides is 2. The lowest BCUT2D eigenvalue weighted by Crippen LogP contribution is -2.36. The van der Waals surface area contributed by atoms with E-state index in [0.29, 0.717) is 19.4 Å². The molecular weight excluding hydrogens is 236 g/mol. The average Bonchev–Trinajstić information content (AvgIpc) is 2.39. The summed E-state index contributed by atoms with van der Waals surface area (Å²) in [6, 6.07) is 6.83. The maximum atomic E-state index is 12.8. The van der Waals surface area contributed by atoms with Crippen molar-refractivity contribution in [2.75, 3.05) is 13.7 Å². The van der Waals surface area contributed by atoms with E-state index in [4.69, 9.17) is 4.74 Å². The first-order chi connectivity index (χ1) is 8.67. The molecule has 102 valence electrons. The minimum atomic E-state index is -2.31. The Balaban J connectivity index is 2.44. The van der Waals surface area contributed by atoms with E-state index in [-0.39, 0.29) is 0 Å². The van der Waals surface area contributed by atoms with Crippen molar-refractivity contribution in [1.29, 1.82) is 0 Å². The Labute approximate surface area is 107 Å². The van der Waals surface area contributed by atoms with Crippen molar-refractivity contribution in [2.24, 2.45) is 0 Å². The summed E-state index contributed by atoms with van der Waals surface area (Å²) in [5.74, 6) is 0.785. The summed E-state index contributed by atoms with van der Waals surface area (Å²) in [4.78, 5) is 0. The monoisotopic (exact) mass is 257 g/mol. The molecule has 0 bridgehead atoms. The highest BCUT2D eigenvalue weighted by atomic mass is 19.3. The average molecular weight is 257 g/mol. The topological polar surface area (TPSA) is 21.3 Å². The van der Waals surface area contributed by atoms with Crippen molar-refractivity contribution < 1.29 is 13.5 Å². The number of methoxy groups -OCH3 is 1. The van der Waals surface area contributed by atoms with Crippen LogP contribution >= 0.6 is 0 Å². The molecule has 0 radical (unpaired) electrons. The van der Waals surface area contributed by atoms with E-state index >= 15 is 0 Å². The second-order valence-electron chi connectivity index (χ2n) is 4.28. The summed E-state index contributed by atoms with van der Waals surface area (Å²) in [6.07, 6.45) is -0.347. The van der Waals surface area contributed by atoms with Crippen LogP contribution in [-0.2, 0) is 6.42 Å². The molecule has 0 fully saturated rings. The lowest BCUT2D eigenvalue weighted by Gasteiger charge is -2.17.